The minimum absolute atomic E-state index is 0.144. The van der Waals surface area contributed by atoms with E-state index in [0.717, 1.165) is 6.54 Å². The summed E-state index contributed by atoms with van der Waals surface area (Å²) in [4.78, 5) is 13.8. The van der Waals surface area contributed by atoms with Crippen LogP contribution in [0.3, 0.4) is 0 Å². The SMILES string of the molecule is CN(CC1CC1)C(=O)c1cc(-c2ccc(F)cc2)on1. The highest BCUT2D eigenvalue weighted by molar-refractivity contribution is 5.93. The number of amides is 1. The summed E-state index contributed by atoms with van der Waals surface area (Å²) >= 11 is 0. The molecule has 0 spiro atoms. The first kappa shape index (κ1) is 12.8. The number of halogens is 1. The smallest absolute Gasteiger partial charge is 0.275 e. The van der Waals surface area contributed by atoms with Crippen LogP contribution in [0.4, 0.5) is 4.39 Å². The van der Waals surface area contributed by atoms with Crippen LogP contribution in [0.2, 0.25) is 0 Å². The molecular formula is C15H15FN2O2. The number of hydrogen-bond acceptors (Lipinski definition) is 3. The van der Waals surface area contributed by atoms with Crippen LogP contribution in [0.5, 0.6) is 0 Å². The Bertz CT molecular complexity index is 617. The molecule has 0 saturated heterocycles. The highest BCUT2D eigenvalue weighted by atomic mass is 19.1. The first-order valence-corrected chi connectivity index (χ1v) is 6.61. The quantitative estimate of drug-likeness (QED) is 0.861. The molecule has 1 aromatic heterocycles. The van der Waals surface area contributed by atoms with Crippen LogP contribution >= 0.6 is 0 Å². The minimum Gasteiger partial charge on any atom is -0.355 e. The zero-order valence-electron chi connectivity index (χ0n) is 11.2. The molecule has 20 heavy (non-hydrogen) atoms. The predicted molar refractivity (Wildman–Crippen MR) is 71.6 cm³/mol. The van der Waals surface area contributed by atoms with E-state index in [4.69, 9.17) is 4.52 Å². The highest BCUT2D eigenvalue weighted by Crippen LogP contribution is 2.29. The molecule has 1 fully saturated rings. The van der Waals surface area contributed by atoms with Crippen LogP contribution in [-0.4, -0.2) is 29.6 Å². The Balaban J connectivity index is 1.75. The van der Waals surface area contributed by atoms with Gasteiger partial charge in [-0.1, -0.05) is 5.16 Å². The van der Waals surface area contributed by atoms with Crippen molar-refractivity contribution < 1.29 is 13.7 Å². The Labute approximate surface area is 116 Å². The molecule has 0 bridgehead atoms. The summed E-state index contributed by atoms with van der Waals surface area (Å²) in [5.41, 5.74) is 0.982. The van der Waals surface area contributed by atoms with Crippen molar-refractivity contribution in [3.63, 3.8) is 0 Å². The first-order chi connectivity index (χ1) is 9.63. The van der Waals surface area contributed by atoms with Crippen LogP contribution in [0.25, 0.3) is 11.3 Å². The molecule has 1 amide bonds. The van der Waals surface area contributed by atoms with E-state index in [-0.39, 0.29) is 17.4 Å². The molecule has 4 nitrogen and oxygen atoms in total. The number of carbonyl (C=O) groups is 1. The maximum atomic E-state index is 12.9. The van der Waals surface area contributed by atoms with Gasteiger partial charge in [-0.3, -0.25) is 4.79 Å². The summed E-state index contributed by atoms with van der Waals surface area (Å²) in [6.07, 6.45) is 2.38. The van der Waals surface area contributed by atoms with E-state index < -0.39 is 0 Å². The summed E-state index contributed by atoms with van der Waals surface area (Å²) in [6.45, 7) is 0.761. The van der Waals surface area contributed by atoms with Gasteiger partial charge in [0.05, 0.1) is 0 Å². The third kappa shape index (κ3) is 2.71. The van der Waals surface area contributed by atoms with E-state index >= 15 is 0 Å². The van der Waals surface area contributed by atoms with Crippen molar-refractivity contribution in [1.82, 2.24) is 10.1 Å². The van der Waals surface area contributed by atoms with Crippen molar-refractivity contribution in [1.29, 1.82) is 0 Å². The molecule has 5 heteroatoms. The van der Waals surface area contributed by atoms with Gasteiger partial charge in [-0.2, -0.15) is 0 Å². The normalized spacial score (nSPS) is 14.3. The largest absolute Gasteiger partial charge is 0.355 e. The third-order valence-corrected chi connectivity index (χ3v) is 3.43. The molecule has 3 rings (SSSR count). The van der Waals surface area contributed by atoms with Crippen molar-refractivity contribution in [2.75, 3.05) is 13.6 Å². The van der Waals surface area contributed by atoms with Gasteiger partial charge in [0.1, 0.15) is 5.82 Å². The summed E-state index contributed by atoms with van der Waals surface area (Å²) in [6, 6.07) is 7.48. The van der Waals surface area contributed by atoms with E-state index in [1.165, 1.54) is 25.0 Å². The third-order valence-electron chi connectivity index (χ3n) is 3.43. The maximum absolute atomic E-state index is 12.9. The zero-order valence-corrected chi connectivity index (χ0v) is 11.2. The monoisotopic (exact) mass is 274 g/mol. The van der Waals surface area contributed by atoms with Gasteiger partial charge in [0.2, 0.25) is 0 Å². The van der Waals surface area contributed by atoms with Gasteiger partial charge in [0.25, 0.3) is 5.91 Å². The van der Waals surface area contributed by atoms with Crippen molar-refractivity contribution in [3.05, 3.63) is 41.8 Å². The molecule has 0 radical (unpaired) electrons. The number of carbonyl (C=O) groups excluding carboxylic acids is 1. The summed E-state index contributed by atoms with van der Waals surface area (Å²) in [7, 11) is 1.77. The van der Waals surface area contributed by atoms with Crippen LogP contribution in [0, 0.1) is 11.7 Å². The standard InChI is InChI=1S/C15H15FN2O2/c1-18(9-10-2-3-10)15(19)13-8-14(20-17-13)11-4-6-12(16)7-5-11/h4-8,10H,2-3,9H2,1H3. The lowest BCUT2D eigenvalue weighted by Gasteiger charge is -2.14. The second-order valence-corrected chi connectivity index (χ2v) is 5.21. The average Bonchev–Trinajstić information content (AvgIpc) is 3.12. The van der Waals surface area contributed by atoms with Crippen LogP contribution in [0.15, 0.2) is 34.9 Å². The molecule has 0 unspecified atom stereocenters. The molecule has 2 aromatic rings. The van der Waals surface area contributed by atoms with Crippen molar-refractivity contribution in [3.8, 4) is 11.3 Å². The average molecular weight is 274 g/mol. The number of aromatic nitrogens is 1. The van der Waals surface area contributed by atoms with Crippen LogP contribution in [-0.2, 0) is 0 Å². The van der Waals surface area contributed by atoms with Crippen LogP contribution < -0.4 is 0 Å². The number of hydrogen-bond donors (Lipinski definition) is 0. The van der Waals surface area contributed by atoms with Gasteiger partial charge in [0.15, 0.2) is 11.5 Å². The summed E-state index contributed by atoms with van der Waals surface area (Å²) < 4.78 is 18.0. The predicted octanol–water partition coefficient (Wildman–Crippen LogP) is 2.96. The fourth-order valence-corrected chi connectivity index (χ4v) is 2.09. The van der Waals surface area contributed by atoms with Gasteiger partial charge in [-0.25, -0.2) is 4.39 Å². The molecule has 1 aromatic carbocycles. The van der Waals surface area contributed by atoms with E-state index in [1.807, 2.05) is 0 Å². The van der Waals surface area contributed by atoms with Gasteiger partial charge in [0, 0.05) is 25.2 Å². The molecular weight excluding hydrogens is 259 g/mol. The van der Waals surface area contributed by atoms with Crippen molar-refractivity contribution >= 4 is 5.91 Å². The first-order valence-electron chi connectivity index (χ1n) is 6.61. The second-order valence-electron chi connectivity index (χ2n) is 5.21. The van der Waals surface area contributed by atoms with Gasteiger partial charge >= 0.3 is 0 Å². The minimum atomic E-state index is -0.311. The zero-order chi connectivity index (χ0) is 14.1. The van der Waals surface area contributed by atoms with Gasteiger partial charge in [-0.05, 0) is 43.0 Å². The van der Waals surface area contributed by atoms with E-state index in [2.05, 4.69) is 5.16 Å². The molecule has 0 N–H and O–H groups in total. The lowest BCUT2D eigenvalue weighted by Crippen LogP contribution is -2.28. The Morgan fingerprint density at radius 3 is 2.75 bits per heavy atom. The number of rotatable bonds is 4. The fraction of sp³-hybridized carbons (Fsp3) is 0.333. The Kier molecular flexibility index (Phi) is 3.26. The van der Waals surface area contributed by atoms with Crippen molar-refractivity contribution in [2.24, 2.45) is 5.92 Å². The van der Waals surface area contributed by atoms with Gasteiger partial charge < -0.3 is 9.42 Å². The molecule has 1 aliphatic carbocycles. The van der Waals surface area contributed by atoms with Crippen molar-refractivity contribution in [2.45, 2.75) is 12.8 Å². The molecule has 0 atom stereocenters. The second kappa shape index (κ2) is 5.07. The number of nitrogens with zero attached hydrogens (tertiary/aromatic N) is 2. The van der Waals surface area contributed by atoms with E-state index in [0.29, 0.717) is 17.2 Å². The Morgan fingerprint density at radius 2 is 2.10 bits per heavy atom. The molecule has 1 saturated carbocycles. The molecule has 1 aliphatic rings. The Hall–Kier alpha value is -2.17. The lowest BCUT2D eigenvalue weighted by atomic mass is 10.1. The summed E-state index contributed by atoms with van der Waals surface area (Å²) in [5.74, 6) is 0.642. The maximum Gasteiger partial charge on any atom is 0.275 e. The van der Waals surface area contributed by atoms with E-state index in [9.17, 15) is 9.18 Å². The summed E-state index contributed by atoms with van der Waals surface area (Å²) in [5, 5.41) is 3.80. The topological polar surface area (TPSA) is 46.3 Å². The molecule has 1 heterocycles. The van der Waals surface area contributed by atoms with Gasteiger partial charge in [-0.15, -0.1) is 0 Å². The van der Waals surface area contributed by atoms with E-state index in [1.54, 1.807) is 30.1 Å². The molecule has 0 aliphatic heterocycles. The fourth-order valence-electron chi connectivity index (χ4n) is 2.09. The highest BCUT2D eigenvalue weighted by Gasteiger charge is 2.26. The number of benzene rings is 1. The molecule has 104 valence electrons. The Morgan fingerprint density at radius 1 is 1.40 bits per heavy atom. The lowest BCUT2D eigenvalue weighted by molar-refractivity contribution is 0.0778. The van der Waals surface area contributed by atoms with Crippen LogP contribution in [0.1, 0.15) is 23.3 Å².